The number of benzene rings is 2. The molecule has 2 aromatic rings. The fraction of sp³-hybridized carbons (Fsp3) is 0.176. The van der Waals surface area contributed by atoms with Gasteiger partial charge in [-0.3, -0.25) is 0 Å². The van der Waals surface area contributed by atoms with Crippen LogP contribution in [0.3, 0.4) is 0 Å². The summed E-state index contributed by atoms with van der Waals surface area (Å²) in [5.74, 6) is -3.79. The van der Waals surface area contributed by atoms with Crippen molar-refractivity contribution < 1.29 is 30.0 Å². The number of aliphatic hydroxyl groups is 2. The van der Waals surface area contributed by atoms with Gasteiger partial charge < -0.3 is 20.4 Å². The summed E-state index contributed by atoms with van der Waals surface area (Å²) in [5, 5.41) is 35.6. The van der Waals surface area contributed by atoms with Gasteiger partial charge in [0.05, 0.1) is 11.1 Å². The highest BCUT2D eigenvalue weighted by atomic mass is 16.5. The molecule has 0 aliphatic carbocycles. The van der Waals surface area contributed by atoms with E-state index in [0.29, 0.717) is 12.0 Å². The van der Waals surface area contributed by atoms with E-state index in [1.165, 1.54) is 24.3 Å². The number of rotatable bonds is 4. The maximum Gasteiger partial charge on any atom is 0.335 e. The first-order valence-corrected chi connectivity index (χ1v) is 6.85. The molecule has 6 heteroatoms. The number of carboxylic acids is 2. The third kappa shape index (κ3) is 5.54. The first kappa shape index (κ1) is 18.3. The molecule has 2 rings (SSSR count). The van der Waals surface area contributed by atoms with Gasteiger partial charge in [0.25, 0.3) is 0 Å². The molecular formula is C17H18O6. The lowest BCUT2D eigenvalue weighted by molar-refractivity contribution is -0.171. The molecule has 0 bridgehead atoms. The summed E-state index contributed by atoms with van der Waals surface area (Å²) in [6, 6.07) is 13.8. The van der Waals surface area contributed by atoms with Crippen LogP contribution in [0.2, 0.25) is 0 Å². The fourth-order valence-electron chi connectivity index (χ4n) is 1.66. The van der Waals surface area contributed by atoms with Crippen molar-refractivity contribution in [1.82, 2.24) is 0 Å². The highest BCUT2D eigenvalue weighted by Crippen LogP contribution is 2.20. The van der Waals surface area contributed by atoms with Gasteiger partial charge in [0.2, 0.25) is 0 Å². The van der Waals surface area contributed by atoms with Crippen LogP contribution < -0.4 is 0 Å². The van der Waals surface area contributed by atoms with Crippen LogP contribution in [0.4, 0.5) is 0 Å². The number of hydrogen-bond acceptors (Lipinski definition) is 4. The molecule has 122 valence electrons. The van der Waals surface area contributed by atoms with Gasteiger partial charge in [0, 0.05) is 12.0 Å². The van der Waals surface area contributed by atoms with E-state index in [1.54, 1.807) is 31.2 Å². The zero-order valence-electron chi connectivity index (χ0n) is 12.5. The van der Waals surface area contributed by atoms with Crippen molar-refractivity contribution in [2.45, 2.75) is 19.1 Å². The molecule has 0 atom stereocenters. The molecule has 0 radical (unpaired) electrons. The highest BCUT2D eigenvalue weighted by Gasteiger charge is 2.21. The Kier molecular flexibility index (Phi) is 6.44. The molecule has 0 amide bonds. The van der Waals surface area contributed by atoms with Gasteiger partial charge in [-0.25, -0.2) is 9.59 Å². The lowest BCUT2D eigenvalue weighted by Gasteiger charge is -2.19. The summed E-state index contributed by atoms with van der Waals surface area (Å²) in [7, 11) is 0. The monoisotopic (exact) mass is 318 g/mol. The van der Waals surface area contributed by atoms with E-state index in [-0.39, 0.29) is 11.1 Å². The fourth-order valence-corrected chi connectivity index (χ4v) is 1.66. The summed E-state index contributed by atoms with van der Waals surface area (Å²) in [5.41, 5.74) is 0.711. The Balaban J connectivity index is 0.000000231. The van der Waals surface area contributed by atoms with Crippen molar-refractivity contribution in [3.63, 3.8) is 0 Å². The smallest absolute Gasteiger partial charge is 0.335 e. The largest absolute Gasteiger partial charge is 0.478 e. The molecule has 4 N–H and O–H groups in total. The maximum absolute atomic E-state index is 10.3. The van der Waals surface area contributed by atoms with Gasteiger partial charge in [-0.1, -0.05) is 37.3 Å². The summed E-state index contributed by atoms with van der Waals surface area (Å²) < 4.78 is 0. The van der Waals surface area contributed by atoms with E-state index < -0.39 is 17.7 Å². The molecule has 0 unspecified atom stereocenters. The molecule has 0 aromatic heterocycles. The van der Waals surface area contributed by atoms with Crippen LogP contribution in [-0.4, -0.2) is 32.4 Å². The Bertz CT molecular complexity index is 614. The summed E-state index contributed by atoms with van der Waals surface area (Å²) in [6.07, 6.45) is 0.303. The van der Waals surface area contributed by atoms with Gasteiger partial charge in [0.1, 0.15) is 0 Å². The second-order valence-corrected chi connectivity index (χ2v) is 4.72. The molecule has 6 nitrogen and oxygen atoms in total. The zero-order chi connectivity index (χ0) is 17.5. The molecule has 0 fully saturated rings. The van der Waals surface area contributed by atoms with Crippen molar-refractivity contribution in [3.05, 3.63) is 71.3 Å². The molecule has 0 saturated heterocycles. The number of carboxylic acid groups (broad SMARTS) is 2. The van der Waals surface area contributed by atoms with Crippen LogP contribution in [-0.2, 0) is 5.79 Å². The average molecular weight is 318 g/mol. The minimum Gasteiger partial charge on any atom is -0.478 e. The molecule has 2 aromatic carbocycles. The minimum atomic E-state index is -1.67. The number of carbonyl (C=O) groups is 2. The number of aromatic carboxylic acids is 2. The lowest BCUT2D eigenvalue weighted by atomic mass is 10.0. The highest BCUT2D eigenvalue weighted by molar-refractivity contribution is 5.91. The molecule has 0 saturated carbocycles. The van der Waals surface area contributed by atoms with E-state index in [0.717, 1.165) is 0 Å². The Morgan fingerprint density at radius 3 is 1.52 bits per heavy atom. The van der Waals surface area contributed by atoms with Crippen LogP contribution >= 0.6 is 0 Å². The molecule has 0 spiro atoms. The average Bonchev–Trinajstić information content (AvgIpc) is 2.56. The van der Waals surface area contributed by atoms with Crippen LogP contribution in [0.15, 0.2) is 54.6 Å². The zero-order valence-corrected chi connectivity index (χ0v) is 12.5. The van der Waals surface area contributed by atoms with Crippen molar-refractivity contribution in [2.75, 3.05) is 0 Å². The molecule has 0 aliphatic heterocycles. The predicted octanol–water partition coefficient (Wildman–Crippen LogP) is 2.32. The predicted molar refractivity (Wildman–Crippen MR) is 83.2 cm³/mol. The maximum atomic E-state index is 10.3. The molecule has 0 heterocycles. The van der Waals surface area contributed by atoms with Crippen LogP contribution in [0.1, 0.15) is 39.6 Å². The lowest BCUT2D eigenvalue weighted by Crippen LogP contribution is -2.23. The summed E-state index contributed by atoms with van der Waals surface area (Å²) in [4.78, 5) is 20.7. The quantitative estimate of drug-likeness (QED) is 0.643. The summed E-state index contributed by atoms with van der Waals surface area (Å²) >= 11 is 0. The number of hydrogen-bond donors (Lipinski definition) is 4. The Hall–Kier alpha value is -2.70. The van der Waals surface area contributed by atoms with Gasteiger partial charge in [-0.2, -0.15) is 0 Å². The van der Waals surface area contributed by atoms with Gasteiger partial charge in [0.15, 0.2) is 5.79 Å². The first-order chi connectivity index (χ1) is 10.8. The van der Waals surface area contributed by atoms with Crippen LogP contribution in [0, 0.1) is 0 Å². The third-order valence-electron chi connectivity index (χ3n) is 3.11. The molecule has 23 heavy (non-hydrogen) atoms. The van der Waals surface area contributed by atoms with Crippen LogP contribution in [0.5, 0.6) is 0 Å². The van der Waals surface area contributed by atoms with E-state index in [2.05, 4.69) is 0 Å². The minimum absolute atomic E-state index is 0.0833. The van der Waals surface area contributed by atoms with E-state index >= 15 is 0 Å². The standard InChI is InChI=1S/C9H12O2.C8H6O4/c1-2-9(10,11)8-6-4-3-5-7-8;9-7(10)5-1-2-6(4-3-5)8(11)12/h3-7,10-11H,2H2,1H3;1-4H,(H,9,10)(H,11,12). The van der Waals surface area contributed by atoms with Gasteiger partial charge >= 0.3 is 11.9 Å². The topological polar surface area (TPSA) is 115 Å². The molecular weight excluding hydrogens is 300 g/mol. The Labute approximate surface area is 133 Å². The Morgan fingerprint density at radius 1 is 0.826 bits per heavy atom. The molecule has 0 aliphatic rings. The van der Waals surface area contributed by atoms with E-state index in [9.17, 15) is 19.8 Å². The van der Waals surface area contributed by atoms with Crippen molar-refractivity contribution in [1.29, 1.82) is 0 Å². The van der Waals surface area contributed by atoms with Gasteiger partial charge in [-0.15, -0.1) is 0 Å². The second kappa shape index (κ2) is 8.07. The first-order valence-electron chi connectivity index (χ1n) is 6.85. The van der Waals surface area contributed by atoms with Crippen molar-refractivity contribution in [3.8, 4) is 0 Å². The van der Waals surface area contributed by atoms with Crippen molar-refractivity contribution in [2.24, 2.45) is 0 Å². The SMILES string of the molecule is CCC(O)(O)c1ccccc1.O=C(O)c1ccc(C(=O)O)cc1. The van der Waals surface area contributed by atoms with Crippen molar-refractivity contribution >= 4 is 11.9 Å². The van der Waals surface area contributed by atoms with E-state index in [1.807, 2.05) is 6.07 Å². The van der Waals surface area contributed by atoms with Crippen LogP contribution in [0.25, 0.3) is 0 Å². The normalized spacial score (nSPS) is 10.4. The third-order valence-corrected chi connectivity index (χ3v) is 3.11. The van der Waals surface area contributed by atoms with E-state index in [4.69, 9.17) is 10.2 Å². The van der Waals surface area contributed by atoms with Gasteiger partial charge in [-0.05, 0) is 24.3 Å². The summed E-state index contributed by atoms with van der Waals surface area (Å²) in [6.45, 7) is 1.73. The Morgan fingerprint density at radius 2 is 1.22 bits per heavy atom. The second-order valence-electron chi connectivity index (χ2n) is 4.72.